The van der Waals surface area contributed by atoms with Crippen molar-refractivity contribution < 1.29 is 0 Å². The van der Waals surface area contributed by atoms with Gasteiger partial charge in [-0.1, -0.05) is 13.8 Å². The Hall–Kier alpha value is -0.580. The van der Waals surface area contributed by atoms with Crippen molar-refractivity contribution in [3.05, 3.63) is 18.0 Å². The summed E-state index contributed by atoms with van der Waals surface area (Å²) in [6, 6.07) is 0.590. The van der Waals surface area contributed by atoms with Crippen LogP contribution in [0.2, 0.25) is 0 Å². The summed E-state index contributed by atoms with van der Waals surface area (Å²) in [5, 5.41) is 7.62. The van der Waals surface area contributed by atoms with Crippen LogP contribution in [0.1, 0.15) is 26.3 Å². The van der Waals surface area contributed by atoms with E-state index in [1.165, 1.54) is 5.56 Å². The van der Waals surface area contributed by atoms with Crippen molar-refractivity contribution in [2.24, 2.45) is 7.05 Å². The maximum atomic E-state index is 4.15. The molecule has 0 bridgehead atoms. The first-order valence-electron chi connectivity index (χ1n) is 6.09. The Morgan fingerprint density at radius 3 is 2.53 bits per heavy atom. The lowest BCUT2D eigenvalue weighted by Crippen LogP contribution is -2.39. The van der Waals surface area contributed by atoms with Crippen LogP contribution >= 0.6 is 12.4 Å². The summed E-state index contributed by atoms with van der Waals surface area (Å²) >= 11 is 0. The molecular weight excluding hydrogens is 236 g/mol. The summed E-state index contributed by atoms with van der Waals surface area (Å²) < 4.78 is 1.84. The van der Waals surface area contributed by atoms with Crippen LogP contribution in [-0.2, 0) is 13.6 Å². The largest absolute Gasteiger partial charge is 0.311 e. The fourth-order valence-electron chi connectivity index (χ4n) is 1.96. The van der Waals surface area contributed by atoms with Gasteiger partial charge in [-0.25, -0.2) is 0 Å². The summed E-state index contributed by atoms with van der Waals surface area (Å²) in [6.45, 7) is 10.8. The highest BCUT2D eigenvalue weighted by molar-refractivity contribution is 5.85. The van der Waals surface area contributed by atoms with Gasteiger partial charge < -0.3 is 5.32 Å². The SMILES string of the molecule is CCN(CC)C(C)CNCc1cnn(C)c1.Cl. The average molecular weight is 261 g/mol. The summed E-state index contributed by atoms with van der Waals surface area (Å²) in [5.41, 5.74) is 1.24. The summed E-state index contributed by atoms with van der Waals surface area (Å²) in [6.07, 6.45) is 3.96. The zero-order valence-corrected chi connectivity index (χ0v) is 12.1. The fraction of sp³-hybridized carbons (Fsp3) is 0.750. The molecule has 1 unspecified atom stereocenters. The molecule has 0 aliphatic carbocycles. The van der Waals surface area contributed by atoms with E-state index in [0.717, 1.165) is 26.2 Å². The number of halogens is 1. The molecule has 1 aromatic heterocycles. The van der Waals surface area contributed by atoms with Gasteiger partial charge in [-0.05, 0) is 20.0 Å². The van der Waals surface area contributed by atoms with Crippen molar-refractivity contribution >= 4 is 12.4 Å². The molecule has 0 aliphatic rings. The third kappa shape index (κ3) is 5.52. The minimum absolute atomic E-state index is 0. The molecule has 17 heavy (non-hydrogen) atoms. The Kier molecular flexibility index (Phi) is 8.21. The van der Waals surface area contributed by atoms with E-state index in [1.54, 1.807) is 0 Å². The second kappa shape index (κ2) is 8.50. The molecule has 1 heterocycles. The van der Waals surface area contributed by atoms with E-state index in [1.807, 2.05) is 17.9 Å². The zero-order valence-electron chi connectivity index (χ0n) is 11.3. The van der Waals surface area contributed by atoms with Gasteiger partial charge in [-0.15, -0.1) is 12.4 Å². The Morgan fingerprint density at radius 1 is 1.41 bits per heavy atom. The highest BCUT2D eigenvalue weighted by Gasteiger charge is 2.08. The molecule has 0 amide bonds. The molecule has 1 rings (SSSR count). The van der Waals surface area contributed by atoms with Crippen LogP contribution in [-0.4, -0.2) is 40.4 Å². The normalized spacial score (nSPS) is 12.5. The first kappa shape index (κ1) is 16.4. The van der Waals surface area contributed by atoms with Gasteiger partial charge in [0.2, 0.25) is 0 Å². The van der Waals surface area contributed by atoms with Crippen LogP contribution < -0.4 is 5.32 Å². The van der Waals surface area contributed by atoms with Crippen molar-refractivity contribution in [3.63, 3.8) is 0 Å². The second-order valence-corrected chi connectivity index (χ2v) is 4.22. The predicted molar refractivity (Wildman–Crippen MR) is 74.5 cm³/mol. The Balaban J connectivity index is 0.00000256. The van der Waals surface area contributed by atoms with E-state index in [0.29, 0.717) is 6.04 Å². The van der Waals surface area contributed by atoms with Gasteiger partial charge in [0.25, 0.3) is 0 Å². The third-order valence-corrected chi connectivity index (χ3v) is 2.96. The molecule has 0 spiro atoms. The summed E-state index contributed by atoms with van der Waals surface area (Å²) in [7, 11) is 1.95. The smallest absolute Gasteiger partial charge is 0.0534 e. The van der Waals surface area contributed by atoms with Gasteiger partial charge in [0.05, 0.1) is 6.20 Å². The number of nitrogens with one attached hydrogen (secondary N) is 1. The second-order valence-electron chi connectivity index (χ2n) is 4.22. The molecule has 5 heteroatoms. The molecule has 0 fully saturated rings. The van der Waals surface area contributed by atoms with Crippen LogP contribution in [0, 0.1) is 0 Å². The number of likely N-dealkylation sites (N-methyl/N-ethyl adjacent to an activating group) is 1. The first-order valence-corrected chi connectivity index (χ1v) is 6.09. The molecule has 0 saturated carbocycles. The van der Waals surface area contributed by atoms with E-state index in [2.05, 4.69) is 42.3 Å². The molecular formula is C12H25ClN4. The predicted octanol–water partition coefficient (Wildman–Crippen LogP) is 1.66. The molecule has 1 atom stereocenters. The Labute approximate surface area is 111 Å². The number of hydrogen-bond acceptors (Lipinski definition) is 3. The standard InChI is InChI=1S/C12H24N4.ClH/c1-5-16(6-2)11(3)7-13-8-12-9-14-15(4)10-12;/h9-11,13H,5-8H2,1-4H3;1H. The topological polar surface area (TPSA) is 33.1 Å². The van der Waals surface area contributed by atoms with E-state index < -0.39 is 0 Å². The maximum absolute atomic E-state index is 4.15. The van der Waals surface area contributed by atoms with E-state index >= 15 is 0 Å². The van der Waals surface area contributed by atoms with Gasteiger partial charge in [0, 0.05) is 37.9 Å². The van der Waals surface area contributed by atoms with E-state index in [4.69, 9.17) is 0 Å². The number of nitrogens with zero attached hydrogens (tertiary/aromatic N) is 3. The fourth-order valence-corrected chi connectivity index (χ4v) is 1.96. The quantitative estimate of drug-likeness (QED) is 0.810. The van der Waals surface area contributed by atoms with Crippen LogP contribution in [0.3, 0.4) is 0 Å². The molecule has 4 nitrogen and oxygen atoms in total. The van der Waals surface area contributed by atoms with Gasteiger partial charge in [0.1, 0.15) is 0 Å². The molecule has 0 saturated heterocycles. The number of aryl methyl sites for hydroxylation is 1. The van der Waals surface area contributed by atoms with Gasteiger partial charge in [-0.2, -0.15) is 5.10 Å². The van der Waals surface area contributed by atoms with Crippen LogP contribution in [0.4, 0.5) is 0 Å². The van der Waals surface area contributed by atoms with Crippen LogP contribution in [0.25, 0.3) is 0 Å². The zero-order chi connectivity index (χ0) is 12.0. The van der Waals surface area contributed by atoms with E-state index in [9.17, 15) is 0 Å². The lowest BCUT2D eigenvalue weighted by atomic mass is 10.2. The van der Waals surface area contributed by atoms with Crippen molar-refractivity contribution in [3.8, 4) is 0 Å². The number of rotatable bonds is 7. The highest BCUT2D eigenvalue weighted by Crippen LogP contribution is 1.98. The van der Waals surface area contributed by atoms with Crippen LogP contribution in [0.5, 0.6) is 0 Å². The van der Waals surface area contributed by atoms with Crippen molar-refractivity contribution in [2.45, 2.75) is 33.4 Å². The highest BCUT2D eigenvalue weighted by atomic mass is 35.5. The Morgan fingerprint density at radius 2 is 2.06 bits per heavy atom. The molecule has 0 aliphatic heterocycles. The summed E-state index contributed by atoms with van der Waals surface area (Å²) in [5.74, 6) is 0. The van der Waals surface area contributed by atoms with Gasteiger partial charge in [0.15, 0.2) is 0 Å². The molecule has 100 valence electrons. The average Bonchev–Trinajstić information content (AvgIpc) is 2.66. The molecule has 1 N–H and O–H groups in total. The van der Waals surface area contributed by atoms with Crippen LogP contribution in [0.15, 0.2) is 12.4 Å². The first-order chi connectivity index (χ1) is 7.67. The monoisotopic (exact) mass is 260 g/mol. The lowest BCUT2D eigenvalue weighted by molar-refractivity contribution is 0.225. The number of aromatic nitrogens is 2. The minimum Gasteiger partial charge on any atom is -0.311 e. The minimum atomic E-state index is 0. The lowest BCUT2D eigenvalue weighted by Gasteiger charge is -2.26. The van der Waals surface area contributed by atoms with Crippen molar-refractivity contribution in [1.82, 2.24) is 20.0 Å². The summed E-state index contributed by atoms with van der Waals surface area (Å²) in [4.78, 5) is 2.45. The molecule has 1 aromatic rings. The maximum Gasteiger partial charge on any atom is 0.0534 e. The van der Waals surface area contributed by atoms with Gasteiger partial charge >= 0.3 is 0 Å². The van der Waals surface area contributed by atoms with Crippen molar-refractivity contribution in [2.75, 3.05) is 19.6 Å². The van der Waals surface area contributed by atoms with E-state index in [-0.39, 0.29) is 12.4 Å². The molecule has 0 radical (unpaired) electrons. The molecule has 0 aromatic carbocycles. The van der Waals surface area contributed by atoms with Gasteiger partial charge in [-0.3, -0.25) is 9.58 Å². The number of hydrogen-bond donors (Lipinski definition) is 1. The van der Waals surface area contributed by atoms with Crippen molar-refractivity contribution in [1.29, 1.82) is 0 Å². The third-order valence-electron chi connectivity index (χ3n) is 2.96. The Bertz CT molecular complexity index is 296.